The van der Waals surface area contributed by atoms with Crippen molar-refractivity contribution in [2.45, 2.75) is 32.2 Å². The van der Waals surface area contributed by atoms with Gasteiger partial charge in [-0.15, -0.1) is 12.4 Å². The Kier molecular flexibility index (Phi) is 5.70. The molecule has 0 aromatic carbocycles. The van der Waals surface area contributed by atoms with Crippen LogP contribution < -0.4 is 11.1 Å². The molecular weight excluding hydrogens is 238 g/mol. The largest absolute Gasteiger partial charge is 0.355 e. The van der Waals surface area contributed by atoms with Crippen LogP contribution in [0.25, 0.3) is 0 Å². The Balaban J connectivity index is 0.00000144. The lowest BCUT2D eigenvalue weighted by Gasteiger charge is -2.17. The molecule has 2 aliphatic rings. The third-order valence-electron chi connectivity index (χ3n) is 3.93. The average molecular weight is 262 g/mol. The number of likely N-dealkylation sites (tertiary alicyclic amines) is 1. The van der Waals surface area contributed by atoms with Crippen LogP contribution in [0.15, 0.2) is 0 Å². The van der Waals surface area contributed by atoms with Gasteiger partial charge in [0.1, 0.15) is 0 Å². The van der Waals surface area contributed by atoms with Gasteiger partial charge in [-0.05, 0) is 31.1 Å². The highest BCUT2D eigenvalue weighted by Crippen LogP contribution is 2.36. The summed E-state index contributed by atoms with van der Waals surface area (Å²) in [7, 11) is 0. The molecule has 0 bridgehead atoms. The molecule has 1 aliphatic heterocycles. The van der Waals surface area contributed by atoms with E-state index in [2.05, 4.69) is 17.1 Å². The molecule has 3 unspecified atom stereocenters. The van der Waals surface area contributed by atoms with Crippen LogP contribution in [0, 0.1) is 11.8 Å². The second-order valence-corrected chi connectivity index (χ2v) is 5.21. The first-order valence-electron chi connectivity index (χ1n) is 6.45. The van der Waals surface area contributed by atoms with Crippen LogP contribution in [-0.4, -0.2) is 43.0 Å². The molecule has 3 N–H and O–H groups in total. The number of nitrogens with two attached hydrogens (primary N) is 1. The van der Waals surface area contributed by atoms with Crippen LogP contribution in [0.1, 0.15) is 26.2 Å². The van der Waals surface area contributed by atoms with Crippen molar-refractivity contribution in [3.63, 3.8) is 0 Å². The van der Waals surface area contributed by atoms with Crippen LogP contribution >= 0.6 is 12.4 Å². The van der Waals surface area contributed by atoms with Crippen molar-refractivity contribution in [1.82, 2.24) is 10.2 Å². The normalized spacial score (nSPS) is 32.0. The van der Waals surface area contributed by atoms with E-state index in [1.807, 2.05) is 0 Å². The van der Waals surface area contributed by atoms with Gasteiger partial charge in [0.05, 0.1) is 6.54 Å². The number of hydrogen-bond acceptors (Lipinski definition) is 3. The van der Waals surface area contributed by atoms with Crippen molar-refractivity contribution < 1.29 is 4.79 Å². The van der Waals surface area contributed by atoms with Gasteiger partial charge >= 0.3 is 0 Å². The Morgan fingerprint density at radius 3 is 2.82 bits per heavy atom. The summed E-state index contributed by atoms with van der Waals surface area (Å²) < 4.78 is 0. The Bertz CT molecular complexity index is 262. The number of fused-ring (bicyclic) bond motifs is 1. The van der Waals surface area contributed by atoms with Crippen molar-refractivity contribution in [2.24, 2.45) is 17.6 Å². The van der Waals surface area contributed by atoms with Crippen molar-refractivity contribution in [3.8, 4) is 0 Å². The number of carbonyl (C=O) groups excluding carboxylic acids is 1. The van der Waals surface area contributed by atoms with Crippen molar-refractivity contribution in [1.29, 1.82) is 0 Å². The summed E-state index contributed by atoms with van der Waals surface area (Å²) in [6.45, 7) is 5.50. The highest BCUT2D eigenvalue weighted by Gasteiger charge is 2.41. The molecule has 0 spiro atoms. The van der Waals surface area contributed by atoms with E-state index in [1.165, 1.54) is 12.8 Å². The van der Waals surface area contributed by atoms with E-state index in [0.29, 0.717) is 18.5 Å². The van der Waals surface area contributed by atoms with Crippen molar-refractivity contribution >= 4 is 18.3 Å². The van der Waals surface area contributed by atoms with Crippen molar-refractivity contribution in [2.75, 3.05) is 26.2 Å². The Labute approximate surface area is 110 Å². The van der Waals surface area contributed by atoms with Crippen LogP contribution in [-0.2, 0) is 4.79 Å². The minimum atomic E-state index is 0. The molecule has 2 fully saturated rings. The van der Waals surface area contributed by atoms with Gasteiger partial charge in [-0.1, -0.05) is 6.92 Å². The third kappa shape index (κ3) is 3.57. The average Bonchev–Trinajstić information content (AvgIpc) is 2.78. The summed E-state index contributed by atoms with van der Waals surface area (Å²) in [6, 6.07) is 0.369. The zero-order chi connectivity index (χ0) is 11.5. The van der Waals surface area contributed by atoms with E-state index in [9.17, 15) is 4.79 Å². The molecule has 2 rings (SSSR count). The Morgan fingerprint density at radius 1 is 1.41 bits per heavy atom. The lowest BCUT2D eigenvalue weighted by Crippen LogP contribution is -2.38. The highest BCUT2D eigenvalue weighted by molar-refractivity contribution is 5.85. The number of carbonyl (C=O) groups is 1. The second-order valence-electron chi connectivity index (χ2n) is 5.21. The van der Waals surface area contributed by atoms with E-state index in [1.54, 1.807) is 0 Å². The fraction of sp³-hybridized carbons (Fsp3) is 0.917. The lowest BCUT2D eigenvalue weighted by atomic mass is 9.98. The maximum atomic E-state index is 11.6. The van der Waals surface area contributed by atoms with Gasteiger partial charge in [0, 0.05) is 25.7 Å². The van der Waals surface area contributed by atoms with Gasteiger partial charge in [-0.25, -0.2) is 0 Å². The molecule has 4 nitrogen and oxygen atoms in total. The molecule has 1 aliphatic carbocycles. The second kappa shape index (κ2) is 6.57. The van der Waals surface area contributed by atoms with Crippen LogP contribution in [0.3, 0.4) is 0 Å². The van der Waals surface area contributed by atoms with E-state index in [0.717, 1.165) is 32.0 Å². The molecule has 3 atom stereocenters. The molecule has 1 saturated heterocycles. The third-order valence-corrected chi connectivity index (χ3v) is 3.93. The predicted octanol–water partition coefficient (Wildman–Crippen LogP) is 0.604. The van der Waals surface area contributed by atoms with Crippen molar-refractivity contribution in [3.05, 3.63) is 0 Å². The first kappa shape index (κ1) is 14.7. The van der Waals surface area contributed by atoms with E-state index in [4.69, 9.17) is 5.73 Å². The fourth-order valence-corrected chi connectivity index (χ4v) is 3.05. The molecule has 1 amide bonds. The summed E-state index contributed by atoms with van der Waals surface area (Å²) in [5.41, 5.74) is 6.07. The maximum absolute atomic E-state index is 11.6. The standard InChI is InChI=1S/C12H23N3O.ClH/c1-2-5-14-12(16)8-15-6-9-3-4-11(13)10(9)7-15;/h9-11H,2-8,13H2,1H3,(H,14,16);1H. The first-order valence-corrected chi connectivity index (χ1v) is 6.45. The highest BCUT2D eigenvalue weighted by atomic mass is 35.5. The quantitative estimate of drug-likeness (QED) is 0.779. The van der Waals surface area contributed by atoms with Gasteiger partial charge < -0.3 is 11.1 Å². The minimum absolute atomic E-state index is 0. The topological polar surface area (TPSA) is 58.4 Å². The molecule has 0 aromatic rings. The molecule has 0 aromatic heterocycles. The van der Waals surface area contributed by atoms with E-state index < -0.39 is 0 Å². The molecule has 17 heavy (non-hydrogen) atoms. The summed E-state index contributed by atoms with van der Waals surface area (Å²) in [5.74, 6) is 1.54. The number of nitrogens with zero attached hydrogens (tertiary/aromatic N) is 1. The number of amides is 1. The number of nitrogens with one attached hydrogen (secondary N) is 1. The summed E-state index contributed by atoms with van der Waals surface area (Å²) in [5, 5.41) is 2.92. The molecule has 1 saturated carbocycles. The number of hydrogen-bond donors (Lipinski definition) is 2. The van der Waals surface area contributed by atoms with Gasteiger partial charge in [0.15, 0.2) is 0 Å². The SMILES string of the molecule is CCCNC(=O)CN1CC2CCC(N)C2C1.Cl. The molecule has 1 heterocycles. The minimum Gasteiger partial charge on any atom is -0.355 e. The number of rotatable bonds is 4. The predicted molar refractivity (Wildman–Crippen MR) is 71.2 cm³/mol. The van der Waals surface area contributed by atoms with Gasteiger partial charge in [0.25, 0.3) is 0 Å². The lowest BCUT2D eigenvalue weighted by molar-refractivity contribution is -0.122. The summed E-state index contributed by atoms with van der Waals surface area (Å²) >= 11 is 0. The number of halogens is 1. The van der Waals surface area contributed by atoms with Gasteiger partial charge in [0.2, 0.25) is 5.91 Å². The molecule has 0 radical (unpaired) electrons. The van der Waals surface area contributed by atoms with Gasteiger partial charge in [-0.3, -0.25) is 9.69 Å². The van der Waals surface area contributed by atoms with E-state index in [-0.39, 0.29) is 18.3 Å². The van der Waals surface area contributed by atoms with Crippen LogP contribution in [0.5, 0.6) is 0 Å². The first-order chi connectivity index (χ1) is 7.70. The molecule has 5 heteroatoms. The maximum Gasteiger partial charge on any atom is 0.234 e. The monoisotopic (exact) mass is 261 g/mol. The Hall–Kier alpha value is -0.320. The zero-order valence-electron chi connectivity index (χ0n) is 10.5. The van der Waals surface area contributed by atoms with Crippen LogP contribution in [0.4, 0.5) is 0 Å². The van der Waals surface area contributed by atoms with Crippen LogP contribution in [0.2, 0.25) is 0 Å². The fourth-order valence-electron chi connectivity index (χ4n) is 3.05. The molecule has 100 valence electrons. The van der Waals surface area contributed by atoms with E-state index >= 15 is 0 Å². The summed E-state index contributed by atoms with van der Waals surface area (Å²) in [4.78, 5) is 13.8. The zero-order valence-corrected chi connectivity index (χ0v) is 11.3. The van der Waals surface area contributed by atoms with Gasteiger partial charge in [-0.2, -0.15) is 0 Å². The Morgan fingerprint density at radius 2 is 2.18 bits per heavy atom. The summed E-state index contributed by atoms with van der Waals surface area (Å²) in [6.07, 6.45) is 3.42. The smallest absolute Gasteiger partial charge is 0.234 e. The molecular formula is C12H24ClN3O.